The summed E-state index contributed by atoms with van der Waals surface area (Å²) < 4.78 is 10.6. The van der Waals surface area contributed by atoms with E-state index < -0.39 is 11.9 Å². The minimum Gasteiger partial charge on any atom is -0.497 e. The van der Waals surface area contributed by atoms with Crippen LogP contribution in [-0.2, 0) is 9.59 Å². The Morgan fingerprint density at radius 3 is 2.36 bits per heavy atom. The molecule has 0 fully saturated rings. The van der Waals surface area contributed by atoms with Crippen LogP contribution >= 0.6 is 0 Å². The number of hydrogen-bond acceptors (Lipinski definition) is 4. The smallest absolute Gasteiger partial charge is 0.308 e. The number of carbonyl (C=O) groups excluding carboxylic acids is 1. The van der Waals surface area contributed by atoms with E-state index in [4.69, 9.17) is 14.6 Å². The first-order valence-corrected chi connectivity index (χ1v) is 7.17. The van der Waals surface area contributed by atoms with Crippen LogP contribution in [0.3, 0.4) is 0 Å². The molecule has 6 nitrogen and oxygen atoms in total. The Bertz CT molecular complexity index is 486. The summed E-state index contributed by atoms with van der Waals surface area (Å²) in [6.07, 6.45) is 0.912. The van der Waals surface area contributed by atoms with Crippen LogP contribution in [0.2, 0.25) is 0 Å². The Morgan fingerprint density at radius 2 is 1.82 bits per heavy atom. The van der Waals surface area contributed by atoms with E-state index in [9.17, 15) is 9.59 Å². The number of amides is 1. The fourth-order valence-corrected chi connectivity index (χ4v) is 1.87. The average Bonchev–Trinajstić information content (AvgIpc) is 2.51. The van der Waals surface area contributed by atoms with Gasteiger partial charge in [0.1, 0.15) is 11.5 Å². The van der Waals surface area contributed by atoms with Crippen molar-refractivity contribution in [3.8, 4) is 11.5 Å². The maximum Gasteiger partial charge on any atom is 0.308 e. The molecule has 1 aromatic carbocycles. The summed E-state index contributed by atoms with van der Waals surface area (Å²) in [5.41, 5.74) is 0. The van der Waals surface area contributed by atoms with Gasteiger partial charge in [0, 0.05) is 20.0 Å². The number of hydrogen-bond donors (Lipinski definition) is 1. The number of carbonyl (C=O) groups is 2. The zero-order chi connectivity index (χ0) is 16.5. The summed E-state index contributed by atoms with van der Waals surface area (Å²) >= 11 is 0. The van der Waals surface area contributed by atoms with E-state index in [1.807, 2.05) is 12.1 Å². The third-order valence-electron chi connectivity index (χ3n) is 3.26. The second kappa shape index (κ2) is 8.92. The Balaban J connectivity index is 2.25. The van der Waals surface area contributed by atoms with E-state index >= 15 is 0 Å². The molecule has 1 N–H and O–H groups in total. The molecule has 22 heavy (non-hydrogen) atoms. The highest BCUT2D eigenvalue weighted by molar-refractivity contribution is 5.77. The molecule has 0 bridgehead atoms. The van der Waals surface area contributed by atoms with Crippen molar-refractivity contribution in [2.45, 2.75) is 19.8 Å². The molecule has 0 saturated carbocycles. The molecule has 1 atom stereocenters. The fraction of sp³-hybridized carbons (Fsp3) is 0.500. The summed E-state index contributed by atoms with van der Waals surface area (Å²) in [5.74, 6) is -0.0591. The van der Waals surface area contributed by atoms with E-state index in [-0.39, 0.29) is 12.5 Å². The molecule has 1 aromatic rings. The summed E-state index contributed by atoms with van der Waals surface area (Å²) in [7, 11) is 3.22. The number of carboxylic acids is 1. The minimum atomic E-state index is -0.900. The SMILES string of the molecule is COc1ccc(OCCCC(=O)N(C)CC(C)C(=O)O)cc1. The van der Waals surface area contributed by atoms with Crippen molar-refractivity contribution in [1.82, 2.24) is 4.90 Å². The number of methoxy groups -OCH3 is 1. The molecule has 0 radical (unpaired) electrons. The van der Waals surface area contributed by atoms with Crippen molar-refractivity contribution in [1.29, 1.82) is 0 Å². The maximum atomic E-state index is 11.9. The van der Waals surface area contributed by atoms with Crippen LogP contribution in [0.5, 0.6) is 11.5 Å². The van der Waals surface area contributed by atoms with Crippen LogP contribution in [0.15, 0.2) is 24.3 Å². The lowest BCUT2D eigenvalue weighted by Gasteiger charge is -2.19. The molecule has 1 unspecified atom stereocenters. The molecule has 0 heterocycles. The molecule has 0 aliphatic heterocycles. The van der Waals surface area contributed by atoms with Gasteiger partial charge >= 0.3 is 5.97 Å². The highest BCUT2D eigenvalue weighted by atomic mass is 16.5. The summed E-state index contributed by atoms with van der Waals surface area (Å²) in [6.45, 7) is 2.23. The van der Waals surface area contributed by atoms with Gasteiger partial charge in [-0.3, -0.25) is 9.59 Å². The third kappa shape index (κ3) is 6.03. The maximum absolute atomic E-state index is 11.9. The summed E-state index contributed by atoms with van der Waals surface area (Å²) in [6, 6.07) is 7.23. The number of benzene rings is 1. The van der Waals surface area contributed by atoms with E-state index in [0.29, 0.717) is 19.4 Å². The molecule has 0 saturated heterocycles. The molecule has 0 aliphatic rings. The van der Waals surface area contributed by atoms with Crippen molar-refractivity contribution in [3.63, 3.8) is 0 Å². The quantitative estimate of drug-likeness (QED) is 0.706. The number of aliphatic carboxylic acids is 1. The van der Waals surface area contributed by atoms with Gasteiger partial charge in [0.25, 0.3) is 0 Å². The standard InChI is InChI=1S/C16H23NO5/c1-12(16(19)20)11-17(2)15(18)5-4-10-22-14-8-6-13(21-3)7-9-14/h6-9,12H,4-5,10-11H2,1-3H3,(H,19,20). The minimum absolute atomic E-state index is 0.0774. The Morgan fingerprint density at radius 1 is 1.23 bits per heavy atom. The molecule has 122 valence electrons. The van der Waals surface area contributed by atoms with Gasteiger partial charge in [-0.05, 0) is 30.7 Å². The van der Waals surface area contributed by atoms with Crippen molar-refractivity contribution >= 4 is 11.9 Å². The third-order valence-corrected chi connectivity index (χ3v) is 3.26. The van der Waals surface area contributed by atoms with Gasteiger partial charge in [0.05, 0.1) is 19.6 Å². The van der Waals surface area contributed by atoms with Crippen molar-refractivity contribution in [2.75, 3.05) is 27.3 Å². The number of carboxylic acid groups (broad SMARTS) is 1. The lowest BCUT2D eigenvalue weighted by Crippen LogP contribution is -2.33. The predicted molar refractivity (Wildman–Crippen MR) is 82.2 cm³/mol. The molecular weight excluding hydrogens is 286 g/mol. The van der Waals surface area contributed by atoms with Crippen LogP contribution in [0, 0.1) is 5.92 Å². The van der Waals surface area contributed by atoms with Crippen molar-refractivity contribution in [3.05, 3.63) is 24.3 Å². The van der Waals surface area contributed by atoms with Crippen LogP contribution in [0.4, 0.5) is 0 Å². The topological polar surface area (TPSA) is 76.1 Å². The van der Waals surface area contributed by atoms with Gasteiger partial charge in [-0.2, -0.15) is 0 Å². The van der Waals surface area contributed by atoms with Gasteiger partial charge in [0.2, 0.25) is 5.91 Å². The molecule has 1 rings (SSSR count). The normalized spacial score (nSPS) is 11.6. The van der Waals surface area contributed by atoms with E-state index in [2.05, 4.69) is 0 Å². The molecule has 0 aromatic heterocycles. The van der Waals surface area contributed by atoms with Gasteiger partial charge < -0.3 is 19.5 Å². The number of nitrogens with zero attached hydrogens (tertiary/aromatic N) is 1. The second-order valence-corrected chi connectivity index (χ2v) is 5.14. The van der Waals surface area contributed by atoms with Gasteiger partial charge in [-0.1, -0.05) is 6.92 Å². The number of ether oxygens (including phenoxy) is 2. The van der Waals surface area contributed by atoms with Gasteiger partial charge in [-0.15, -0.1) is 0 Å². The van der Waals surface area contributed by atoms with Crippen molar-refractivity contribution in [2.24, 2.45) is 5.92 Å². The molecular formula is C16H23NO5. The molecule has 0 aliphatic carbocycles. The first-order chi connectivity index (χ1) is 10.4. The van der Waals surface area contributed by atoms with Crippen LogP contribution < -0.4 is 9.47 Å². The molecule has 1 amide bonds. The van der Waals surface area contributed by atoms with Crippen LogP contribution in [0.25, 0.3) is 0 Å². The predicted octanol–water partition coefficient (Wildman–Crippen LogP) is 2.03. The Labute approximate surface area is 130 Å². The fourth-order valence-electron chi connectivity index (χ4n) is 1.87. The number of rotatable bonds is 9. The molecule has 0 spiro atoms. The van der Waals surface area contributed by atoms with E-state index in [1.54, 1.807) is 33.2 Å². The lowest BCUT2D eigenvalue weighted by molar-refractivity contribution is -0.142. The largest absolute Gasteiger partial charge is 0.497 e. The zero-order valence-electron chi connectivity index (χ0n) is 13.2. The Hall–Kier alpha value is -2.24. The van der Waals surface area contributed by atoms with E-state index in [1.165, 1.54) is 4.90 Å². The summed E-state index contributed by atoms with van der Waals surface area (Å²) in [5, 5.41) is 8.82. The van der Waals surface area contributed by atoms with Gasteiger partial charge in [0.15, 0.2) is 0 Å². The lowest BCUT2D eigenvalue weighted by atomic mass is 10.1. The first-order valence-electron chi connectivity index (χ1n) is 7.17. The molecule has 6 heteroatoms. The highest BCUT2D eigenvalue weighted by Crippen LogP contribution is 2.17. The van der Waals surface area contributed by atoms with Crippen LogP contribution in [-0.4, -0.2) is 49.2 Å². The monoisotopic (exact) mass is 309 g/mol. The van der Waals surface area contributed by atoms with E-state index in [0.717, 1.165) is 11.5 Å². The average molecular weight is 309 g/mol. The Kier molecular flexibility index (Phi) is 7.22. The van der Waals surface area contributed by atoms with Crippen LogP contribution in [0.1, 0.15) is 19.8 Å². The first kappa shape index (κ1) is 17.8. The van der Waals surface area contributed by atoms with Crippen molar-refractivity contribution < 1.29 is 24.2 Å². The second-order valence-electron chi connectivity index (χ2n) is 5.14. The zero-order valence-corrected chi connectivity index (χ0v) is 13.2. The summed E-state index contributed by atoms with van der Waals surface area (Å²) in [4.78, 5) is 24.1. The van der Waals surface area contributed by atoms with Gasteiger partial charge in [-0.25, -0.2) is 0 Å². The highest BCUT2D eigenvalue weighted by Gasteiger charge is 2.16.